The average Bonchev–Trinajstić information content (AvgIpc) is 3.40. The van der Waals surface area contributed by atoms with E-state index in [4.69, 9.17) is 19.0 Å². The van der Waals surface area contributed by atoms with Gasteiger partial charge < -0.3 is 14.2 Å². The molecule has 2 aliphatic rings. The van der Waals surface area contributed by atoms with Gasteiger partial charge in [-0.05, 0) is 60.9 Å². The number of amides is 2. The summed E-state index contributed by atoms with van der Waals surface area (Å²) >= 11 is 0. The standard InChI is InChI=1S/C30H32N2O6/c1-4-17-36-23-14-12-22(13-15-23)32-29(33)26-27(31(3)38-28(26)30(32)34)21-11-16-24(25(18-21)35-5-2)37-19-20-9-7-6-8-10-20/h6-16,18,26-28H,4-5,17,19H2,1-3H3/t26-,27+,28-/m1/s1. The third-order valence-corrected chi connectivity index (χ3v) is 6.72. The van der Waals surface area contributed by atoms with Crippen LogP contribution in [0.4, 0.5) is 5.69 Å². The SMILES string of the molecule is CCCOc1ccc(N2C(=O)[C@H]3[C@@H](ON(C)[C@H]3c3ccc(OCc4ccccc4)c(OCC)c3)C2=O)cc1. The number of benzene rings is 3. The van der Waals surface area contributed by atoms with Crippen LogP contribution in [-0.4, -0.2) is 43.2 Å². The third kappa shape index (κ3) is 4.97. The molecular weight excluding hydrogens is 484 g/mol. The molecule has 8 heteroatoms. The van der Waals surface area contributed by atoms with Crippen LogP contribution in [0.3, 0.4) is 0 Å². The molecule has 0 saturated carbocycles. The summed E-state index contributed by atoms with van der Waals surface area (Å²) in [6.45, 7) is 5.40. The molecule has 0 unspecified atom stereocenters. The Morgan fingerprint density at radius 3 is 2.32 bits per heavy atom. The summed E-state index contributed by atoms with van der Waals surface area (Å²) in [5, 5.41) is 1.60. The molecule has 2 amide bonds. The molecule has 5 rings (SSSR count). The molecule has 0 aliphatic carbocycles. The van der Waals surface area contributed by atoms with E-state index in [2.05, 4.69) is 0 Å². The quantitative estimate of drug-likeness (QED) is 0.354. The van der Waals surface area contributed by atoms with Crippen molar-refractivity contribution in [2.75, 3.05) is 25.2 Å². The summed E-state index contributed by atoms with van der Waals surface area (Å²) in [7, 11) is 1.74. The highest BCUT2D eigenvalue weighted by Gasteiger charge is 2.59. The van der Waals surface area contributed by atoms with Crippen LogP contribution in [0, 0.1) is 5.92 Å². The van der Waals surface area contributed by atoms with Crippen molar-refractivity contribution in [3.05, 3.63) is 83.9 Å². The Labute approximate surface area is 222 Å². The number of fused-ring (bicyclic) bond motifs is 1. The molecule has 0 radical (unpaired) electrons. The number of anilines is 1. The van der Waals surface area contributed by atoms with E-state index in [1.807, 2.05) is 62.4 Å². The van der Waals surface area contributed by atoms with Crippen LogP contribution < -0.4 is 19.1 Å². The first-order valence-electron chi connectivity index (χ1n) is 13.0. The number of imide groups is 1. The molecule has 2 heterocycles. The van der Waals surface area contributed by atoms with Gasteiger partial charge in [0, 0.05) is 7.05 Å². The maximum atomic E-state index is 13.6. The number of carbonyl (C=O) groups excluding carboxylic acids is 2. The van der Waals surface area contributed by atoms with Crippen LogP contribution in [0.25, 0.3) is 0 Å². The monoisotopic (exact) mass is 516 g/mol. The van der Waals surface area contributed by atoms with Crippen LogP contribution in [0.5, 0.6) is 17.2 Å². The van der Waals surface area contributed by atoms with E-state index in [9.17, 15) is 9.59 Å². The molecule has 3 atom stereocenters. The van der Waals surface area contributed by atoms with E-state index < -0.39 is 18.1 Å². The van der Waals surface area contributed by atoms with Crippen molar-refractivity contribution in [1.29, 1.82) is 0 Å². The van der Waals surface area contributed by atoms with Gasteiger partial charge in [-0.2, -0.15) is 5.06 Å². The van der Waals surface area contributed by atoms with E-state index >= 15 is 0 Å². The summed E-state index contributed by atoms with van der Waals surface area (Å²) < 4.78 is 17.6. The fraction of sp³-hybridized carbons (Fsp3) is 0.333. The Kier molecular flexibility index (Phi) is 7.62. The van der Waals surface area contributed by atoms with Gasteiger partial charge >= 0.3 is 0 Å². The average molecular weight is 517 g/mol. The Balaban J connectivity index is 1.38. The first-order valence-corrected chi connectivity index (χ1v) is 13.0. The third-order valence-electron chi connectivity index (χ3n) is 6.72. The van der Waals surface area contributed by atoms with Crippen LogP contribution in [0.2, 0.25) is 0 Å². The Hall–Kier alpha value is -3.88. The number of rotatable bonds is 10. The molecule has 2 saturated heterocycles. The molecule has 0 spiro atoms. The van der Waals surface area contributed by atoms with Crippen molar-refractivity contribution in [1.82, 2.24) is 5.06 Å². The number of nitrogens with zero attached hydrogens (tertiary/aromatic N) is 2. The summed E-state index contributed by atoms with van der Waals surface area (Å²) in [5.74, 6) is 0.534. The lowest BCUT2D eigenvalue weighted by Gasteiger charge is -2.25. The van der Waals surface area contributed by atoms with Gasteiger partial charge in [0.25, 0.3) is 5.91 Å². The molecular formula is C30H32N2O6. The molecule has 2 aliphatic heterocycles. The molecule has 38 heavy (non-hydrogen) atoms. The fourth-order valence-electron chi connectivity index (χ4n) is 4.96. The predicted molar refractivity (Wildman–Crippen MR) is 142 cm³/mol. The van der Waals surface area contributed by atoms with Gasteiger partial charge in [0.05, 0.1) is 30.9 Å². The van der Waals surface area contributed by atoms with Crippen molar-refractivity contribution in [3.8, 4) is 17.2 Å². The molecule has 0 aromatic heterocycles. The minimum absolute atomic E-state index is 0.293. The zero-order chi connectivity index (χ0) is 26.6. The summed E-state index contributed by atoms with van der Waals surface area (Å²) in [4.78, 5) is 34.1. The normalized spacial score (nSPS) is 21.0. The van der Waals surface area contributed by atoms with Gasteiger partial charge in [-0.3, -0.25) is 14.4 Å². The summed E-state index contributed by atoms with van der Waals surface area (Å²) in [6, 6.07) is 22.1. The van der Waals surface area contributed by atoms with Gasteiger partial charge in [0.1, 0.15) is 12.4 Å². The second-order valence-electron chi connectivity index (χ2n) is 9.31. The second kappa shape index (κ2) is 11.2. The number of hydroxylamine groups is 2. The number of ether oxygens (including phenoxy) is 3. The van der Waals surface area contributed by atoms with Crippen molar-refractivity contribution in [2.24, 2.45) is 5.92 Å². The van der Waals surface area contributed by atoms with Crippen molar-refractivity contribution in [2.45, 2.75) is 39.0 Å². The van der Waals surface area contributed by atoms with Gasteiger partial charge in [0.2, 0.25) is 5.91 Å². The molecule has 8 nitrogen and oxygen atoms in total. The smallest absolute Gasteiger partial charge is 0.265 e. The molecule has 198 valence electrons. The van der Waals surface area contributed by atoms with Crippen LogP contribution >= 0.6 is 0 Å². The zero-order valence-corrected chi connectivity index (χ0v) is 21.8. The minimum atomic E-state index is -0.891. The number of hydrogen-bond acceptors (Lipinski definition) is 7. The van der Waals surface area contributed by atoms with Crippen LogP contribution in [0.1, 0.15) is 37.4 Å². The summed E-state index contributed by atoms with van der Waals surface area (Å²) in [6.07, 6.45) is 0.00376. The second-order valence-corrected chi connectivity index (χ2v) is 9.31. The van der Waals surface area contributed by atoms with Gasteiger partial charge in [-0.25, -0.2) is 4.90 Å². The van der Waals surface area contributed by atoms with E-state index in [-0.39, 0.29) is 11.8 Å². The fourth-order valence-corrected chi connectivity index (χ4v) is 4.96. The molecule has 0 bridgehead atoms. The Bertz CT molecular complexity index is 1280. The van der Waals surface area contributed by atoms with E-state index in [1.165, 1.54) is 4.90 Å². The topological polar surface area (TPSA) is 77.5 Å². The number of hydrogen-bond donors (Lipinski definition) is 0. The van der Waals surface area contributed by atoms with Crippen LogP contribution in [0.15, 0.2) is 72.8 Å². The molecule has 3 aromatic carbocycles. The van der Waals surface area contributed by atoms with Crippen LogP contribution in [-0.2, 0) is 21.0 Å². The van der Waals surface area contributed by atoms with E-state index in [1.54, 1.807) is 36.4 Å². The van der Waals surface area contributed by atoms with Crippen molar-refractivity contribution >= 4 is 17.5 Å². The molecule has 3 aromatic rings. The zero-order valence-electron chi connectivity index (χ0n) is 21.8. The van der Waals surface area contributed by atoms with Gasteiger partial charge in [0.15, 0.2) is 17.6 Å². The van der Waals surface area contributed by atoms with Crippen molar-refractivity contribution in [3.63, 3.8) is 0 Å². The van der Waals surface area contributed by atoms with Gasteiger partial charge in [-0.15, -0.1) is 0 Å². The Morgan fingerprint density at radius 2 is 1.61 bits per heavy atom. The predicted octanol–water partition coefficient (Wildman–Crippen LogP) is 4.93. The van der Waals surface area contributed by atoms with E-state index in [0.717, 1.165) is 17.5 Å². The maximum Gasteiger partial charge on any atom is 0.265 e. The van der Waals surface area contributed by atoms with Gasteiger partial charge in [-0.1, -0.05) is 43.3 Å². The minimum Gasteiger partial charge on any atom is -0.494 e. The highest BCUT2D eigenvalue weighted by molar-refractivity contribution is 6.23. The molecule has 0 N–H and O–H groups in total. The lowest BCUT2D eigenvalue weighted by Crippen LogP contribution is -2.36. The lowest BCUT2D eigenvalue weighted by molar-refractivity contribution is -0.160. The highest BCUT2D eigenvalue weighted by atomic mass is 16.7. The largest absolute Gasteiger partial charge is 0.494 e. The van der Waals surface area contributed by atoms with E-state index in [0.29, 0.717) is 42.8 Å². The highest BCUT2D eigenvalue weighted by Crippen LogP contribution is 2.46. The first kappa shape index (κ1) is 25.8. The lowest BCUT2D eigenvalue weighted by atomic mass is 9.91. The Morgan fingerprint density at radius 1 is 0.842 bits per heavy atom. The molecule has 2 fully saturated rings. The first-order chi connectivity index (χ1) is 18.5. The summed E-state index contributed by atoms with van der Waals surface area (Å²) in [5.41, 5.74) is 2.36. The maximum absolute atomic E-state index is 13.6. The van der Waals surface area contributed by atoms with Crippen molar-refractivity contribution < 1.29 is 28.6 Å². The number of carbonyl (C=O) groups is 2.